The van der Waals surface area contributed by atoms with E-state index in [1.165, 1.54) is 9.79 Å². The van der Waals surface area contributed by atoms with Crippen LogP contribution in [0.25, 0.3) is 0 Å². The molecule has 0 aromatic heterocycles. The Balaban J connectivity index is 2.07. The van der Waals surface area contributed by atoms with Crippen molar-refractivity contribution in [1.82, 2.24) is 0 Å². The average Bonchev–Trinajstić information content (AvgIpc) is 2.41. The summed E-state index contributed by atoms with van der Waals surface area (Å²) in [6, 6.07) is 20.8. The molecule has 2 aromatic carbocycles. The summed E-state index contributed by atoms with van der Waals surface area (Å²) < 4.78 is 0.236. The summed E-state index contributed by atoms with van der Waals surface area (Å²) >= 11 is 3.59. The first-order valence-electron chi connectivity index (χ1n) is 5.74. The summed E-state index contributed by atoms with van der Waals surface area (Å²) in [4.78, 5) is 2.52. The molecule has 2 aromatic rings. The van der Waals surface area contributed by atoms with Crippen LogP contribution in [0.15, 0.2) is 70.5 Å². The minimum atomic E-state index is 0.236. The molecule has 0 nitrogen and oxygen atoms in total. The van der Waals surface area contributed by atoms with Crippen molar-refractivity contribution in [2.75, 3.05) is 0 Å². The monoisotopic (exact) mass is 270 g/mol. The smallest absolute Gasteiger partial charge is 0.105 e. The number of benzene rings is 2. The van der Waals surface area contributed by atoms with Gasteiger partial charge in [-0.15, -0.1) is 5.92 Å². The van der Waals surface area contributed by atoms with E-state index in [-0.39, 0.29) is 4.58 Å². The van der Waals surface area contributed by atoms with E-state index in [0.717, 1.165) is 0 Å². The molecule has 90 valence electrons. The Kier molecular flexibility index (Phi) is 5.26. The lowest BCUT2D eigenvalue weighted by Crippen LogP contribution is -1.92. The van der Waals surface area contributed by atoms with E-state index in [0.29, 0.717) is 0 Å². The van der Waals surface area contributed by atoms with Crippen molar-refractivity contribution in [3.63, 3.8) is 0 Å². The molecule has 0 N–H and O–H groups in total. The van der Waals surface area contributed by atoms with Gasteiger partial charge in [-0.2, -0.15) is 0 Å². The predicted molar refractivity (Wildman–Crippen MR) is 81.8 cm³/mol. The minimum Gasteiger partial charge on any atom is -0.105 e. The zero-order chi connectivity index (χ0) is 12.6. The Labute approximate surface area is 117 Å². The van der Waals surface area contributed by atoms with Crippen molar-refractivity contribution in [2.24, 2.45) is 0 Å². The van der Waals surface area contributed by atoms with Gasteiger partial charge in [0, 0.05) is 9.79 Å². The summed E-state index contributed by atoms with van der Waals surface area (Å²) in [5.41, 5.74) is 0. The molecule has 18 heavy (non-hydrogen) atoms. The zero-order valence-corrected chi connectivity index (χ0v) is 11.8. The second-order valence-corrected chi connectivity index (χ2v) is 6.24. The SMILES string of the molecule is CC#CC(Sc1ccccc1)Sc1ccccc1. The molecule has 0 saturated heterocycles. The molecular formula is C16H14S2. The molecule has 0 amide bonds. The zero-order valence-electron chi connectivity index (χ0n) is 10.2. The normalized spacial score (nSPS) is 9.89. The van der Waals surface area contributed by atoms with Crippen LogP contribution in [-0.2, 0) is 0 Å². The molecular weight excluding hydrogens is 256 g/mol. The highest BCUT2D eigenvalue weighted by atomic mass is 32.2. The lowest BCUT2D eigenvalue weighted by atomic mass is 10.4. The van der Waals surface area contributed by atoms with Crippen molar-refractivity contribution >= 4 is 23.5 Å². The molecule has 2 rings (SSSR count). The van der Waals surface area contributed by atoms with Crippen LogP contribution in [0.3, 0.4) is 0 Å². The lowest BCUT2D eigenvalue weighted by molar-refractivity contribution is 1.44. The van der Waals surface area contributed by atoms with Crippen LogP contribution < -0.4 is 0 Å². The fourth-order valence-electron chi connectivity index (χ4n) is 1.45. The highest BCUT2D eigenvalue weighted by Gasteiger charge is 2.08. The Morgan fingerprint density at radius 3 is 1.61 bits per heavy atom. The summed E-state index contributed by atoms with van der Waals surface area (Å²) in [5, 5.41) is 0. The minimum absolute atomic E-state index is 0.236. The standard InChI is InChI=1S/C16H14S2/c1-2-9-16(17-14-10-5-3-6-11-14)18-15-12-7-4-8-13-15/h3-8,10-13,16H,1H3. The fourth-order valence-corrected chi connectivity index (χ4v) is 3.78. The molecule has 0 atom stereocenters. The highest BCUT2D eigenvalue weighted by Crippen LogP contribution is 2.34. The maximum Gasteiger partial charge on any atom is 0.120 e. The van der Waals surface area contributed by atoms with E-state index in [9.17, 15) is 0 Å². The highest BCUT2D eigenvalue weighted by molar-refractivity contribution is 8.17. The Morgan fingerprint density at radius 1 is 0.778 bits per heavy atom. The molecule has 0 saturated carbocycles. The van der Waals surface area contributed by atoms with Crippen LogP contribution in [0.2, 0.25) is 0 Å². The van der Waals surface area contributed by atoms with E-state index in [1.807, 2.05) is 19.1 Å². The number of hydrogen-bond donors (Lipinski definition) is 0. The van der Waals surface area contributed by atoms with Gasteiger partial charge in [-0.1, -0.05) is 65.8 Å². The Morgan fingerprint density at radius 2 is 1.22 bits per heavy atom. The van der Waals surface area contributed by atoms with E-state index in [2.05, 4.69) is 60.4 Å². The lowest BCUT2D eigenvalue weighted by Gasteiger charge is -2.10. The number of rotatable bonds is 4. The first-order valence-corrected chi connectivity index (χ1v) is 7.50. The number of hydrogen-bond acceptors (Lipinski definition) is 2. The third-order valence-corrected chi connectivity index (χ3v) is 4.56. The number of thioether (sulfide) groups is 2. The van der Waals surface area contributed by atoms with Crippen molar-refractivity contribution in [3.8, 4) is 11.8 Å². The first-order chi connectivity index (χ1) is 8.88. The quantitative estimate of drug-likeness (QED) is 0.439. The van der Waals surface area contributed by atoms with Crippen LogP contribution in [0.5, 0.6) is 0 Å². The predicted octanol–water partition coefficient (Wildman–Crippen LogP) is 4.92. The van der Waals surface area contributed by atoms with Crippen molar-refractivity contribution in [2.45, 2.75) is 21.3 Å². The van der Waals surface area contributed by atoms with Gasteiger partial charge in [0.2, 0.25) is 0 Å². The second kappa shape index (κ2) is 7.20. The molecule has 0 heterocycles. The maximum absolute atomic E-state index is 3.26. The van der Waals surface area contributed by atoms with E-state index < -0.39 is 0 Å². The molecule has 0 fully saturated rings. The topological polar surface area (TPSA) is 0 Å². The molecule has 0 spiro atoms. The van der Waals surface area contributed by atoms with Gasteiger partial charge >= 0.3 is 0 Å². The molecule has 2 heteroatoms. The van der Waals surface area contributed by atoms with Crippen LogP contribution in [0, 0.1) is 11.8 Å². The third-order valence-electron chi connectivity index (χ3n) is 2.23. The van der Waals surface area contributed by atoms with Gasteiger partial charge in [0.1, 0.15) is 4.58 Å². The van der Waals surface area contributed by atoms with Gasteiger partial charge in [-0.25, -0.2) is 0 Å². The first kappa shape index (κ1) is 13.1. The Bertz CT molecular complexity index is 482. The van der Waals surface area contributed by atoms with Crippen LogP contribution >= 0.6 is 23.5 Å². The van der Waals surface area contributed by atoms with Gasteiger partial charge in [0.25, 0.3) is 0 Å². The largest absolute Gasteiger partial charge is 0.120 e. The molecule has 0 bridgehead atoms. The average molecular weight is 270 g/mol. The second-order valence-electron chi connectivity index (χ2n) is 3.59. The van der Waals surface area contributed by atoms with Crippen LogP contribution in [0.4, 0.5) is 0 Å². The fraction of sp³-hybridized carbons (Fsp3) is 0.125. The van der Waals surface area contributed by atoms with Gasteiger partial charge < -0.3 is 0 Å². The summed E-state index contributed by atoms with van der Waals surface area (Å²) in [6.07, 6.45) is 0. The van der Waals surface area contributed by atoms with Crippen molar-refractivity contribution in [3.05, 3.63) is 60.7 Å². The van der Waals surface area contributed by atoms with Crippen molar-refractivity contribution in [1.29, 1.82) is 0 Å². The molecule has 0 radical (unpaired) electrons. The molecule has 0 aliphatic rings. The maximum atomic E-state index is 3.26. The van der Waals surface area contributed by atoms with Crippen molar-refractivity contribution < 1.29 is 0 Å². The molecule has 0 aliphatic carbocycles. The van der Waals surface area contributed by atoms with E-state index in [4.69, 9.17) is 0 Å². The van der Waals surface area contributed by atoms with E-state index >= 15 is 0 Å². The van der Waals surface area contributed by atoms with Gasteiger partial charge in [0.05, 0.1) is 0 Å². The molecule has 0 aliphatic heterocycles. The summed E-state index contributed by atoms with van der Waals surface area (Å²) in [5.74, 6) is 6.27. The van der Waals surface area contributed by atoms with Crippen LogP contribution in [-0.4, -0.2) is 4.58 Å². The van der Waals surface area contributed by atoms with Crippen LogP contribution in [0.1, 0.15) is 6.92 Å². The molecule has 0 unspecified atom stereocenters. The summed E-state index contributed by atoms with van der Waals surface area (Å²) in [6.45, 7) is 1.89. The van der Waals surface area contributed by atoms with E-state index in [1.54, 1.807) is 23.5 Å². The van der Waals surface area contributed by atoms with Gasteiger partial charge in [0.15, 0.2) is 0 Å². The summed E-state index contributed by atoms with van der Waals surface area (Å²) in [7, 11) is 0. The van der Waals surface area contributed by atoms with Gasteiger partial charge in [-0.05, 0) is 31.2 Å². The van der Waals surface area contributed by atoms with Gasteiger partial charge in [-0.3, -0.25) is 0 Å². The third kappa shape index (κ3) is 4.18. The Hall–Kier alpha value is -1.30.